The molecule has 5 heteroatoms. The number of benzene rings is 2. The first-order valence-corrected chi connectivity index (χ1v) is 6.48. The number of nitriles is 1. The summed E-state index contributed by atoms with van der Waals surface area (Å²) < 4.78 is 0. The van der Waals surface area contributed by atoms with Crippen LogP contribution in [0.2, 0.25) is 0 Å². The molecule has 0 aliphatic rings. The fourth-order valence-electron chi connectivity index (χ4n) is 2.12. The number of carbonyl (C=O) groups is 1. The molecule has 0 fully saturated rings. The van der Waals surface area contributed by atoms with Gasteiger partial charge in [-0.2, -0.15) is 10.4 Å². The van der Waals surface area contributed by atoms with E-state index in [1.54, 1.807) is 24.3 Å². The topological polar surface area (TPSA) is 81.6 Å². The van der Waals surface area contributed by atoms with E-state index in [0.717, 1.165) is 16.6 Å². The van der Waals surface area contributed by atoms with E-state index >= 15 is 0 Å². The van der Waals surface area contributed by atoms with E-state index in [0.29, 0.717) is 17.7 Å². The number of nitrogens with zero attached hydrogens (tertiary/aromatic N) is 2. The fraction of sp³-hybridized carbons (Fsp3) is 0.0625. The van der Waals surface area contributed by atoms with Crippen molar-refractivity contribution in [1.29, 1.82) is 5.26 Å². The monoisotopic (exact) mass is 276 g/mol. The second-order valence-electron chi connectivity index (χ2n) is 4.59. The number of H-pyrrole nitrogens is 1. The van der Waals surface area contributed by atoms with Crippen molar-refractivity contribution in [1.82, 2.24) is 15.5 Å². The van der Waals surface area contributed by atoms with E-state index in [1.807, 2.05) is 30.3 Å². The maximum absolute atomic E-state index is 12.0. The molecule has 0 radical (unpaired) electrons. The number of fused-ring (bicyclic) bond motifs is 1. The highest BCUT2D eigenvalue weighted by Crippen LogP contribution is 2.14. The molecule has 0 aliphatic carbocycles. The summed E-state index contributed by atoms with van der Waals surface area (Å²) in [5.74, 6) is -0.182. The van der Waals surface area contributed by atoms with Gasteiger partial charge in [-0.1, -0.05) is 18.2 Å². The van der Waals surface area contributed by atoms with Gasteiger partial charge in [0.1, 0.15) is 0 Å². The highest BCUT2D eigenvalue weighted by molar-refractivity contribution is 5.94. The van der Waals surface area contributed by atoms with Crippen LogP contribution < -0.4 is 5.32 Å². The first kappa shape index (κ1) is 12.9. The van der Waals surface area contributed by atoms with Crippen molar-refractivity contribution in [2.24, 2.45) is 0 Å². The van der Waals surface area contributed by atoms with Crippen LogP contribution in [0, 0.1) is 11.3 Å². The maximum Gasteiger partial charge on any atom is 0.251 e. The highest BCUT2D eigenvalue weighted by Gasteiger charge is 2.08. The molecular formula is C16H12N4O. The number of hydrogen-bond donors (Lipinski definition) is 2. The minimum atomic E-state index is -0.182. The number of amides is 1. The lowest BCUT2D eigenvalue weighted by molar-refractivity contribution is 0.0950. The Kier molecular flexibility index (Phi) is 3.36. The SMILES string of the molecule is N#Cc1ccc(C(=O)NCc2[nH]nc3ccccc23)cc1. The zero-order valence-electron chi connectivity index (χ0n) is 11.1. The lowest BCUT2D eigenvalue weighted by Gasteiger charge is -2.04. The summed E-state index contributed by atoms with van der Waals surface area (Å²) in [4.78, 5) is 12.0. The van der Waals surface area contributed by atoms with E-state index in [2.05, 4.69) is 15.5 Å². The van der Waals surface area contributed by atoms with Gasteiger partial charge in [0, 0.05) is 10.9 Å². The van der Waals surface area contributed by atoms with E-state index in [9.17, 15) is 4.79 Å². The third-order valence-electron chi connectivity index (χ3n) is 3.24. The van der Waals surface area contributed by atoms with Gasteiger partial charge >= 0.3 is 0 Å². The van der Waals surface area contributed by atoms with E-state index in [-0.39, 0.29) is 5.91 Å². The Morgan fingerprint density at radius 2 is 1.95 bits per heavy atom. The molecule has 1 aromatic heterocycles. The summed E-state index contributed by atoms with van der Waals surface area (Å²) in [5.41, 5.74) is 2.80. The van der Waals surface area contributed by atoms with Crippen LogP contribution in [0.4, 0.5) is 0 Å². The standard InChI is InChI=1S/C16H12N4O/c17-9-11-5-7-12(8-6-11)16(21)18-10-15-13-3-1-2-4-14(13)19-20-15/h1-8H,10H2,(H,18,21)(H,19,20). The minimum Gasteiger partial charge on any atom is -0.346 e. The van der Waals surface area contributed by atoms with Crippen LogP contribution in [0.25, 0.3) is 10.9 Å². The molecule has 102 valence electrons. The largest absolute Gasteiger partial charge is 0.346 e. The Balaban J connectivity index is 1.72. The summed E-state index contributed by atoms with van der Waals surface area (Å²) >= 11 is 0. The molecule has 2 N–H and O–H groups in total. The van der Waals surface area contributed by atoms with Crippen LogP contribution in [0.1, 0.15) is 21.6 Å². The predicted molar refractivity (Wildman–Crippen MR) is 78.4 cm³/mol. The Morgan fingerprint density at radius 1 is 1.19 bits per heavy atom. The fourth-order valence-corrected chi connectivity index (χ4v) is 2.12. The van der Waals surface area contributed by atoms with Gasteiger partial charge in [0.2, 0.25) is 0 Å². The molecule has 1 heterocycles. The van der Waals surface area contributed by atoms with Crippen molar-refractivity contribution in [3.63, 3.8) is 0 Å². The Hall–Kier alpha value is -3.13. The van der Waals surface area contributed by atoms with Crippen LogP contribution in [0.3, 0.4) is 0 Å². The number of para-hydroxylation sites is 1. The number of carbonyl (C=O) groups excluding carboxylic acids is 1. The molecule has 0 saturated carbocycles. The lowest BCUT2D eigenvalue weighted by atomic mass is 10.1. The van der Waals surface area contributed by atoms with Crippen molar-refractivity contribution in [3.8, 4) is 6.07 Å². The van der Waals surface area contributed by atoms with Crippen LogP contribution in [-0.2, 0) is 6.54 Å². The van der Waals surface area contributed by atoms with Gasteiger partial charge in [0.15, 0.2) is 0 Å². The number of rotatable bonds is 3. The van der Waals surface area contributed by atoms with Gasteiger partial charge in [-0.05, 0) is 30.3 Å². The zero-order valence-corrected chi connectivity index (χ0v) is 11.1. The quantitative estimate of drug-likeness (QED) is 0.770. The minimum absolute atomic E-state index is 0.182. The van der Waals surface area contributed by atoms with Crippen molar-refractivity contribution in [3.05, 3.63) is 65.4 Å². The van der Waals surface area contributed by atoms with Crippen molar-refractivity contribution < 1.29 is 4.79 Å². The molecule has 0 atom stereocenters. The van der Waals surface area contributed by atoms with Gasteiger partial charge in [0.25, 0.3) is 5.91 Å². The number of nitrogens with one attached hydrogen (secondary N) is 2. The summed E-state index contributed by atoms with van der Waals surface area (Å²) in [5, 5.41) is 19.7. The first-order chi connectivity index (χ1) is 10.3. The van der Waals surface area contributed by atoms with Crippen LogP contribution in [-0.4, -0.2) is 16.1 Å². The van der Waals surface area contributed by atoms with Gasteiger partial charge in [0.05, 0.1) is 29.4 Å². The summed E-state index contributed by atoms with van der Waals surface area (Å²) in [7, 11) is 0. The highest BCUT2D eigenvalue weighted by atomic mass is 16.1. The van der Waals surface area contributed by atoms with E-state index < -0.39 is 0 Å². The van der Waals surface area contributed by atoms with E-state index in [1.165, 1.54) is 0 Å². The van der Waals surface area contributed by atoms with Gasteiger partial charge in [-0.25, -0.2) is 0 Å². The maximum atomic E-state index is 12.0. The summed E-state index contributed by atoms with van der Waals surface area (Å²) in [6.07, 6.45) is 0. The Bertz CT molecular complexity index is 827. The van der Waals surface area contributed by atoms with Crippen molar-refractivity contribution in [2.75, 3.05) is 0 Å². The normalized spacial score (nSPS) is 10.2. The summed E-state index contributed by atoms with van der Waals surface area (Å²) in [6, 6.07) is 16.3. The first-order valence-electron chi connectivity index (χ1n) is 6.48. The molecule has 0 saturated heterocycles. The van der Waals surface area contributed by atoms with Crippen LogP contribution >= 0.6 is 0 Å². The molecule has 21 heavy (non-hydrogen) atoms. The molecule has 1 amide bonds. The zero-order chi connectivity index (χ0) is 14.7. The second kappa shape index (κ2) is 5.47. The average molecular weight is 276 g/mol. The third-order valence-corrected chi connectivity index (χ3v) is 3.24. The van der Waals surface area contributed by atoms with Crippen LogP contribution in [0.5, 0.6) is 0 Å². The average Bonchev–Trinajstić information content (AvgIpc) is 2.96. The molecule has 3 rings (SSSR count). The van der Waals surface area contributed by atoms with Gasteiger partial charge < -0.3 is 5.32 Å². The Morgan fingerprint density at radius 3 is 2.71 bits per heavy atom. The molecular weight excluding hydrogens is 264 g/mol. The predicted octanol–water partition coefficient (Wildman–Crippen LogP) is 2.36. The second-order valence-corrected chi connectivity index (χ2v) is 4.59. The van der Waals surface area contributed by atoms with Crippen molar-refractivity contribution in [2.45, 2.75) is 6.54 Å². The molecule has 0 unspecified atom stereocenters. The van der Waals surface area contributed by atoms with Gasteiger partial charge in [-0.15, -0.1) is 0 Å². The lowest BCUT2D eigenvalue weighted by Crippen LogP contribution is -2.23. The molecule has 2 aromatic carbocycles. The van der Waals surface area contributed by atoms with Gasteiger partial charge in [-0.3, -0.25) is 9.89 Å². The number of hydrogen-bond acceptors (Lipinski definition) is 3. The number of aromatic nitrogens is 2. The molecule has 3 aromatic rings. The van der Waals surface area contributed by atoms with E-state index in [4.69, 9.17) is 5.26 Å². The smallest absolute Gasteiger partial charge is 0.251 e. The van der Waals surface area contributed by atoms with Crippen molar-refractivity contribution >= 4 is 16.8 Å². The molecule has 0 spiro atoms. The summed E-state index contributed by atoms with van der Waals surface area (Å²) in [6.45, 7) is 0.374. The van der Waals surface area contributed by atoms with Crippen LogP contribution in [0.15, 0.2) is 48.5 Å². The Labute approximate surface area is 121 Å². The third kappa shape index (κ3) is 2.60. The molecule has 0 bridgehead atoms. The number of aromatic amines is 1. The molecule has 5 nitrogen and oxygen atoms in total. The molecule has 0 aliphatic heterocycles.